The van der Waals surface area contributed by atoms with Gasteiger partial charge in [0.15, 0.2) is 0 Å². The van der Waals surface area contributed by atoms with Crippen molar-refractivity contribution in [1.29, 1.82) is 0 Å². The maximum atomic E-state index is 12.6. The summed E-state index contributed by atoms with van der Waals surface area (Å²) in [6.07, 6.45) is 2.68. The molecular formula is C17H20ClN3O4S. The van der Waals surface area contributed by atoms with Crippen LogP contribution in [0, 0.1) is 0 Å². The summed E-state index contributed by atoms with van der Waals surface area (Å²) in [5, 5.41) is 0.588. The van der Waals surface area contributed by atoms with Crippen molar-refractivity contribution >= 4 is 21.6 Å². The smallest absolute Gasteiger partial charge is 0.319 e. The highest BCUT2D eigenvalue weighted by atomic mass is 35.5. The van der Waals surface area contributed by atoms with Crippen LogP contribution in [-0.2, 0) is 15.8 Å². The van der Waals surface area contributed by atoms with Crippen LogP contribution in [0.3, 0.4) is 0 Å². The largest absolute Gasteiger partial charge is 0.474 e. The Hall–Kier alpha value is -1.90. The summed E-state index contributed by atoms with van der Waals surface area (Å²) in [4.78, 5) is 8.05. The first-order valence-electron chi connectivity index (χ1n) is 8.22. The highest BCUT2D eigenvalue weighted by molar-refractivity contribution is 7.88. The Morgan fingerprint density at radius 2 is 1.88 bits per heavy atom. The Labute approximate surface area is 158 Å². The van der Waals surface area contributed by atoms with E-state index in [0.29, 0.717) is 36.8 Å². The molecule has 140 valence electrons. The number of halogens is 1. The van der Waals surface area contributed by atoms with E-state index >= 15 is 0 Å². The molecule has 1 fully saturated rings. The average molecular weight is 398 g/mol. The number of aromatic nitrogens is 2. The number of sulfonamides is 1. The van der Waals surface area contributed by atoms with Crippen LogP contribution in [0.1, 0.15) is 18.4 Å². The first-order chi connectivity index (χ1) is 12.5. The van der Waals surface area contributed by atoms with Crippen molar-refractivity contribution < 1.29 is 17.9 Å². The van der Waals surface area contributed by atoms with E-state index in [1.54, 1.807) is 36.5 Å². The predicted octanol–water partition coefficient (Wildman–Crippen LogP) is 2.51. The van der Waals surface area contributed by atoms with Gasteiger partial charge in [0.25, 0.3) is 0 Å². The monoisotopic (exact) mass is 397 g/mol. The summed E-state index contributed by atoms with van der Waals surface area (Å²) < 4.78 is 37.5. The van der Waals surface area contributed by atoms with E-state index < -0.39 is 10.0 Å². The predicted molar refractivity (Wildman–Crippen MR) is 97.9 cm³/mol. The maximum Gasteiger partial charge on any atom is 0.319 e. The van der Waals surface area contributed by atoms with Gasteiger partial charge in [-0.1, -0.05) is 23.7 Å². The summed E-state index contributed by atoms with van der Waals surface area (Å²) in [6, 6.07) is 8.76. The second-order valence-corrected chi connectivity index (χ2v) is 8.39. The fourth-order valence-corrected chi connectivity index (χ4v) is 4.46. The van der Waals surface area contributed by atoms with Crippen LogP contribution in [0.4, 0.5) is 0 Å². The molecule has 0 aliphatic carbocycles. The van der Waals surface area contributed by atoms with Crippen molar-refractivity contribution in [3.05, 3.63) is 47.1 Å². The summed E-state index contributed by atoms with van der Waals surface area (Å²) in [6.45, 7) is 0.839. The highest BCUT2D eigenvalue weighted by Crippen LogP contribution is 2.22. The molecule has 0 amide bonds. The number of methoxy groups -OCH3 is 1. The Bertz CT molecular complexity index is 837. The topological polar surface area (TPSA) is 81.6 Å². The first kappa shape index (κ1) is 18.9. The van der Waals surface area contributed by atoms with E-state index in [1.807, 2.05) is 0 Å². The molecule has 0 N–H and O–H groups in total. The van der Waals surface area contributed by atoms with Crippen LogP contribution in [0.25, 0.3) is 0 Å². The zero-order chi connectivity index (χ0) is 18.6. The number of benzene rings is 1. The molecule has 26 heavy (non-hydrogen) atoms. The zero-order valence-electron chi connectivity index (χ0n) is 14.3. The molecule has 7 nitrogen and oxygen atoms in total. The molecule has 3 rings (SSSR count). The van der Waals surface area contributed by atoms with Gasteiger partial charge in [-0.05, 0) is 30.5 Å². The molecule has 2 aromatic rings. The van der Waals surface area contributed by atoms with E-state index in [-0.39, 0.29) is 17.9 Å². The number of piperidine rings is 1. The van der Waals surface area contributed by atoms with Gasteiger partial charge in [-0.3, -0.25) is 0 Å². The van der Waals surface area contributed by atoms with Gasteiger partial charge >= 0.3 is 6.01 Å². The van der Waals surface area contributed by atoms with E-state index in [0.717, 1.165) is 5.56 Å². The Morgan fingerprint density at radius 1 is 1.19 bits per heavy atom. The lowest BCUT2D eigenvalue weighted by atomic mass is 10.1. The molecule has 0 saturated carbocycles. The van der Waals surface area contributed by atoms with Crippen LogP contribution in [0.5, 0.6) is 11.9 Å². The van der Waals surface area contributed by atoms with Crippen molar-refractivity contribution in [3.8, 4) is 11.9 Å². The second-order valence-electron chi connectivity index (χ2n) is 5.98. The van der Waals surface area contributed by atoms with Crippen molar-refractivity contribution in [1.82, 2.24) is 14.3 Å². The highest BCUT2D eigenvalue weighted by Gasteiger charge is 2.29. The Kier molecular flexibility index (Phi) is 5.95. The van der Waals surface area contributed by atoms with Crippen molar-refractivity contribution in [2.75, 3.05) is 20.2 Å². The van der Waals surface area contributed by atoms with Gasteiger partial charge in [0, 0.05) is 30.4 Å². The molecule has 0 unspecified atom stereocenters. The average Bonchev–Trinajstić information content (AvgIpc) is 2.64. The number of ether oxygens (including phenoxy) is 2. The Morgan fingerprint density at radius 3 is 2.54 bits per heavy atom. The van der Waals surface area contributed by atoms with Gasteiger partial charge in [-0.25, -0.2) is 17.7 Å². The summed E-state index contributed by atoms with van der Waals surface area (Å²) in [5.41, 5.74) is 0.723. The maximum absolute atomic E-state index is 12.6. The van der Waals surface area contributed by atoms with E-state index in [9.17, 15) is 8.42 Å². The van der Waals surface area contributed by atoms with Crippen LogP contribution >= 0.6 is 11.6 Å². The molecule has 1 aliphatic rings. The lowest BCUT2D eigenvalue weighted by Crippen LogP contribution is -2.42. The SMILES string of the molecule is COc1nccc(OC2CCN(S(=O)(=O)Cc3ccc(Cl)cc3)CC2)n1. The van der Waals surface area contributed by atoms with Gasteiger partial charge in [0.2, 0.25) is 15.9 Å². The van der Waals surface area contributed by atoms with Crippen molar-refractivity contribution in [2.45, 2.75) is 24.7 Å². The van der Waals surface area contributed by atoms with E-state index in [4.69, 9.17) is 21.1 Å². The first-order valence-corrected chi connectivity index (χ1v) is 10.2. The van der Waals surface area contributed by atoms with Crippen LogP contribution in [0.15, 0.2) is 36.5 Å². The van der Waals surface area contributed by atoms with Gasteiger partial charge in [0.1, 0.15) is 6.10 Å². The Balaban J connectivity index is 1.56. The van der Waals surface area contributed by atoms with Crippen molar-refractivity contribution in [2.24, 2.45) is 0 Å². The minimum absolute atomic E-state index is 0.0290. The lowest BCUT2D eigenvalue weighted by Gasteiger charge is -2.31. The third kappa shape index (κ3) is 4.84. The van der Waals surface area contributed by atoms with E-state index in [1.165, 1.54) is 11.4 Å². The molecule has 1 aromatic heterocycles. The molecule has 0 spiro atoms. The minimum atomic E-state index is -3.37. The fraction of sp³-hybridized carbons (Fsp3) is 0.412. The lowest BCUT2D eigenvalue weighted by molar-refractivity contribution is 0.128. The number of rotatable bonds is 6. The van der Waals surface area contributed by atoms with Gasteiger partial charge in [0.05, 0.1) is 12.9 Å². The molecule has 0 radical (unpaired) electrons. The molecule has 2 heterocycles. The van der Waals surface area contributed by atoms with Crippen LogP contribution in [-0.4, -0.2) is 49.0 Å². The summed E-state index contributed by atoms with van der Waals surface area (Å²) in [7, 11) is -1.88. The molecule has 1 aliphatic heterocycles. The van der Waals surface area contributed by atoms with Crippen molar-refractivity contribution in [3.63, 3.8) is 0 Å². The van der Waals surface area contributed by atoms with Gasteiger partial charge < -0.3 is 9.47 Å². The quantitative estimate of drug-likeness (QED) is 0.744. The summed E-state index contributed by atoms with van der Waals surface area (Å²) >= 11 is 5.84. The molecule has 0 atom stereocenters. The second kappa shape index (κ2) is 8.20. The zero-order valence-corrected chi connectivity index (χ0v) is 15.9. The standard InChI is InChI=1S/C17H20ClN3O4S/c1-24-17-19-9-6-16(20-17)25-15-7-10-21(11-8-15)26(22,23)12-13-2-4-14(18)5-3-13/h2-6,9,15H,7-8,10-12H2,1H3. The fourth-order valence-electron chi connectivity index (χ4n) is 2.77. The minimum Gasteiger partial charge on any atom is -0.474 e. The number of hydrogen-bond acceptors (Lipinski definition) is 6. The third-order valence-electron chi connectivity index (χ3n) is 4.13. The number of hydrogen-bond donors (Lipinski definition) is 0. The van der Waals surface area contributed by atoms with Crippen LogP contribution < -0.4 is 9.47 Å². The normalized spacial score (nSPS) is 16.4. The van der Waals surface area contributed by atoms with Gasteiger partial charge in [-0.15, -0.1) is 0 Å². The molecule has 1 aromatic carbocycles. The summed E-state index contributed by atoms with van der Waals surface area (Å²) in [5.74, 6) is 0.401. The molecule has 9 heteroatoms. The number of nitrogens with zero attached hydrogens (tertiary/aromatic N) is 3. The molecule has 1 saturated heterocycles. The third-order valence-corrected chi connectivity index (χ3v) is 6.24. The van der Waals surface area contributed by atoms with Gasteiger partial charge in [-0.2, -0.15) is 4.98 Å². The van der Waals surface area contributed by atoms with Crippen LogP contribution in [0.2, 0.25) is 5.02 Å². The molecule has 0 bridgehead atoms. The van der Waals surface area contributed by atoms with E-state index in [2.05, 4.69) is 9.97 Å². The molecular weight excluding hydrogens is 378 g/mol.